The molecule has 116 valence electrons. The molecular weight excluding hydrogens is 246 g/mol. The zero-order chi connectivity index (χ0) is 15.0. The fourth-order valence-corrected chi connectivity index (χ4v) is 3.45. The van der Waals surface area contributed by atoms with Gasteiger partial charge in [-0.3, -0.25) is 4.79 Å². The molecule has 0 aromatic carbocycles. The Labute approximate surface area is 125 Å². The van der Waals surface area contributed by atoms with E-state index in [4.69, 9.17) is 0 Å². The van der Waals surface area contributed by atoms with Crippen molar-refractivity contribution >= 4 is 5.91 Å². The van der Waals surface area contributed by atoms with Gasteiger partial charge in [-0.25, -0.2) is 0 Å². The molecule has 0 saturated carbocycles. The van der Waals surface area contributed by atoms with Crippen molar-refractivity contribution in [2.24, 2.45) is 17.8 Å². The van der Waals surface area contributed by atoms with Gasteiger partial charge < -0.3 is 4.90 Å². The highest BCUT2D eigenvalue weighted by Crippen LogP contribution is 2.30. The predicted molar refractivity (Wildman–Crippen MR) is 86.6 cm³/mol. The summed E-state index contributed by atoms with van der Waals surface area (Å²) < 4.78 is 0. The number of rotatable bonds is 6. The monoisotopic (exact) mass is 279 g/mol. The number of hydrogen-bond acceptors (Lipinski definition) is 1. The van der Waals surface area contributed by atoms with Gasteiger partial charge in [0.05, 0.1) is 0 Å². The molecule has 0 aliphatic carbocycles. The van der Waals surface area contributed by atoms with Gasteiger partial charge in [-0.2, -0.15) is 0 Å². The summed E-state index contributed by atoms with van der Waals surface area (Å²) in [6, 6.07) is 0. The second-order valence-electron chi connectivity index (χ2n) is 6.56. The summed E-state index contributed by atoms with van der Waals surface area (Å²) >= 11 is 0. The first kappa shape index (κ1) is 17.3. The smallest absolute Gasteiger partial charge is 0.225 e. The van der Waals surface area contributed by atoms with Crippen LogP contribution in [-0.4, -0.2) is 23.9 Å². The van der Waals surface area contributed by atoms with E-state index in [0.29, 0.717) is 5.91 Å². The van der Waals surface area contributed by atoms with Crippen LogP contribution in [0.1, 0.15) is 65.7 Å². The maximum Gasteiger partial charge on any atom is 0.225 e. The Bertz CT molecular complexity index is 298. The minimum absolute atomic E-state index is 0.135. The minimum Gasteiger partial charge on any atom is -0.342 e. The molecule has 2 nitrogen and oxygen atoms in total. The van der Waals surface area contributed by atoms with E-state index in [1.54, 1.807) is 0 Å². The summed E-state index contributed by atoms with van der Waals surface area (Å²) in [4.78, 5) is 14.3. The lowest BCUT2D eigenvalue weighted by atomic mass is 9.80. The molecule has 1 saturated heterocycles. The Morgan fingerprint density at radius 2 is 2.05 bits per heavy atom. The molecule has 0 spiro atoms. The molecule has 0 aromatic rings. The lowest BCUT2D eigenvalue weighted by Gasteiger charge is -2.33. The van der Waals surface area contributed by atoms with E-state index >= 15 is 0 Å². The van der Waals surface area contributed by atoms with E-state index in [1.807, 2.05) is 19.9 Å². The molecule has 0 bridgehead atoms. The first-order valence-corrected chi connectivity index (χ1v) is 8.49. The number of likely N-dealkylation sites (tertiary alicyclic amines) is 1. The zero-order valence-electron chi connectivity index (χ0n) is 13.7. The average Bonchev–Trinajstić information content (AvgIpc) is 2.40. The Morgan fingerprint density at radius 1 is 1.30 bits per heavy atom. The van der Waals surface area contributed by atoms with Crippen molar-refractivity contribution in [2.75, 3.05) is 13.1 Å². The fraction of sp³-hybridized carbons (Fsp3) is 0.833. The third-order valence-corrected chi connectivity index (χ3v) is 4.76. The molecule has 1 aliphatic rings. The third kappa shape index (κ3) is 5.30. The van der Waals surface area contributed by atoms with Crippen LogP contribution in [0.15, 0.2) is 12.7 Å². The highest BCUT2D eigenvalue weighted by Gasteiger charge is 2.24. The molecule has 0 N–H and O–H groups in total. The summed E-state index contributed by atoms with van der Waals surface area (Å²) in [7, 11) is 0. The standard InChI is InChI=1S/C18H33NO/c1-5-7-10-16(6-2)17-11-8-9-13-19(14-12-17)18(20)15(3)4/h5,15-17H,1,6-14H2,2-4H3. The van der Waals surface area contributed by atoms with Crippen molar-refractivity contribution in [1.82, 2.24) is 4.90 Å². The largest absolute Gasteiger partial charge is 0.342 e. The van der Waals surface area contributed by atoms with Gasteiger partial charge in [-0.05, 0) is 37.5 Å². The molecular formula is C18H33NO. The van der Waals surface area contributed by atoms with E-state index in [2.05, 4.69) is 18.4 Å². The first-order valence-electron chi connectivity index (χ1n) is 8.49. The molecule has 1 rings (SSSR count). The minimum atomic E-state index is 0.135. The Kier molecular flexibility index (Phi) is 7.94. The van der Waals surface area contributed by atoms with Crippen molar-refractivity contribution in [3.05, 3.63) is 12.7 Å². The van der Waals surface area contributed by atoms with Gasteiger partial charge in [0, 0.05) is 19.0 Å². The number of amides is 1. The molecule has 1 amide bonds. The summed E-state index contributed by atoms with van der Waals surface area (Å²) in [6.07, 6.45) is 10.7. The number of carbonyl (C=O) groups is 1. The van der Waals surface area contributed by atoms with Crippen molar-refractivity contribution < 1.29 is 4.79 Å². The van der Waals surface area contributed by atoms with Gasteiger partial charge in [-0.15, -0.1) is 6.58 Å². The summed E-state index contributed by atoms with van der Waals surface area (Å²) in [5.74, 6) is 2.07. The van der Waals surface area contributed by atoms with Crippen LogP contribution in [-0.2, 0) is 4.79 Å². The van der Waals surface area contributed by atoms with E-state index in [-0.39, 0.29) is 5.92 Å². The van der Waals surface area contributed by atoms with Crippen molar-refractivity contribution in [2.45, 2.75) is 65.7 Å². The Morgan fingerprint density at radius 3 is 2.65 bits per heavy atom. The number of nitrogens with zero attached hydrogens (tertiary/aromatic N) is 1. The molecule has 1 aliphatic heterocycles. The average molecular weight is 279 g/mol. The molecule has 0 radical (unpaired) electrons. The van der Waals surface area contributed by atoms with E-state index < -0.39 is 0 Å². The fourth-order valence-electron chi connectivity index (χ4n) is 3.45. The lowest BCUT2D eigenvalue weighted by Crippen LogP contribution is -2.38. The highest BCUT2D eigenvalue weighted by molar-refractivity contribution is 5.78. The van der Waals surface area contributed by atoms with Crippen molar-refractivity contribution in [3.8, 4) is 0 Å². The van der Waals surface area contributed by atoms with Crippen LogP contribution >= 0.6 is 0 Å². The molecule has 2 heteroatoms. The van der Waals surface area contributed by atoms with Crippen LogP contribution in [0.5, 0.6) is 0 Å². The maximum absolute atomic E-state index is 12.2. The summed E-state index contributed by atoms with van der Waals surface area (Å²) in [6.45, 7) is 12.1. The van der Waals surface area contributed by atoms with E-state index in [1.165, 1.54) is 38.5 Å². The Hall–Kier alpha value is -0.790. The van der Waals surface area contributed by atoms with E-state index in [9.17, 15) is 4.79 Å². The van der Waals surface area contributed by atoms with Crippen LogP contribution in [0.25, 0.3) is 0 Å². The molecule has 2 atom stereocenters. The van der Waals surface area contributed by atoms with Crippen LogP contribution in [0, 0.1) is 17.8 Å². The second kappa shape index (κ2) is 9.20. The summed E-state index contributed by atoms with van der Waals surface area (Å²) in [5.41, 5.74) is 0. The maximum atomic E-state index is 12.2. The third-order valence-electron chi connectivity index (χ3n) is 4.76. The number of hydrogen-bond donors (Lipinski definition) is 0. The first-order chi connectivity index (χ1) is 9.60. The quantitative estimate of drug-likeness (QED) is 0.648. The van der Waals surface area contributed by atoms with Crippen LogP contribution in [0.3, 0.4) is 0 Å². The van der Waals surface area contributed by atoms with E-state index in [0.717, 1.165) is 31.3 Å². The van der Waals surface area contributed by atoms with Gasteiger partial charge in [-0.1, -0.05) is 46.1 Å². The van der Waals surface area contributed by atoms with Gasteiger partial charge >= 0.3 is 0 Å². The number of allylic oxidation sites excluding steroid dienone is 1. The van der Waals surface area contributed by atoms with Crippen LogP contribution < -0.4 is 0 Å². The number of carbonyl (C=O) groups excluding carboxylic acids is 1. The van der Waals surface area contributed by atoms with Crippen LogP contribution in [0.4, 0.5) is 0 Å². The van der Waals surface area contributed by atoms with Crippen molar-refractivity contribution in [3.63, 3.8) is 0 Å². The molecule has 1 heterocycles. The molecule has 20 heavy (non-hydrogen) atoms. The normalized spacial score (nSPS) is 22.2. The molecule has 2 unspecified atom stereocenters. The van der Waals surface area contributed by atoms with Gasteiger partial charge in [0.2, 0.25) is 5.91 Å². The van der Waals surface area contributed by atoms with Crippen LogP contribution in [0.2, 0.25) is 0 Å². The SMILES string of the molecule is C=CCCC(CC)C1CCCCN(C(=O)C(C)C)CC1. The second-order valence-corrected chi connectivity index (χ2v) is 6.56. The van der Waals surface area contributed by atoms with Gasteiger partial charge in [0.1, 0.15) is 0 Å². The van der Waals surface area contributed by atoms with Gasteiger partial charge in [0.15, 0.2) is 0 Å². The highest BCUT2D eigenvalue weighted by atomic mass is 16.2. The zero-order valence-corrected chi connectivity index (χ0v) is 13.7. The summed E-state index contributed by atoms with van der Waals surface area (Å²) in [5, 5.41) is 0. The lowest BCUT2D eigenvalue weighted by molar-refractivity contribution is -0.135. The topological polar surface area (TPSA) is 20.3 Å². The molecule has 0 aromatic heterocycles. The predicted octanol–water partition coefficient (Wildman–Crippen LogP) is 4.65. The Balaban J connectivity index is 2.58. The van der Waals surface area contributed by atoms with Gasteiger partial charge in [0.25, 0.3) is 0 Å². The molecule has 1 fully saturated rings. The van der Waals surface area contributed by atoms with Crippen molar-refractivity contribution in [1.29, 1.82) is 0 Å².